The van der Waals surface area contributed by atoms with Gasteiger partial charge in [0.25, 0.3) is 0 Å². The van der Waals surface area contributed by atoms with Crippen LogP contribution in [0.2, 0.25) is 0 Å². The Kier molecular flexibility index (Phi) is 7.08. The number of nitriles is 1. The highest BCUT2D eigenvalue weighted by Gasteiger charge is 2.41. The number of nitrogens with zero attached hydrogens (tertiary/aromatic N) is 8. The molecule has 4 aromatic rings. The summed E-state index contributed by atoms with van der Waals surface area (Å²) in [5.74, 6) is 1.01. The zero-order valence-corrected chi connectivity index (χ0v) is 24.1. The lowest BCUT2D eigenvalue weighted by Gasteiger charge is -2.42. The van der Waals surface area contributed by atoms with E-state index in [0.717, 1.165) is 49.3 Å². The maximum atomic E-state index is 13.1. The molecule has 0 saturated carbocycles. The molecule has 5 rings (SSSR count). The Labute approximate surface area is 235 Å². The Morgan fingerprint density at radius 3 is 2.42 bits per heavy atom. The van der Waals surface area contributed by atoms with Crippen molar-refractivity contribution in [1.82, 2.24) is 34.7 Å². The average molecular weight is 540 g/mol. The van der Waals surface area contributed by atoms with Gasteiger partial charge in [0, 0.05) is 48.2 Å². The predicted octanol–water partition coefficient (Wildman–Crippen LogP) is 5.02. The Hall–Kier alpha value is -4.26. The van der Waals surface area contributed by atoms with Gasteiger partial charge in [-0.25, -0.2) is 14.5 Å². The summed E-state index contributed by atoms with van der Waals surface area (Å²) in [5.41, 5.74) is 3.53. The van der Waals surface area contributed by atoms with E-state index in [-0.39, 0.29) is 22.9 Å². The second-order valence-corrected chi connectivity index (χ2v) is 12.0. The number of nitrogens with one attached hydrogen (secondary N) is 1. The number of hydrogen-bond acceptors (Lipinski definition) is 7. The first-order valence-corrected chi connectivity index (χ1v) is 13.9. The van der Waals surface area contributed by atoms with Crippen molar-refractivity contribution >= 4 is 17.2 Å². The van der Waals surface area contributed by atoms with Gasteiger partial charge in [-0.3, -0.25) is 9.48 Å². The van der Waals surface area contributed by atoms with Crippen LogP contribution < -0.4 is 10.2 Å². The normalized spacial score (nSPS) is 15.4. The smallest absolute Gasteiger partial charge is 0.226 e. The SMILES string of the molecule is CCC1(C(=O)NC(C)(C)C)CCN(c2ccc(-c3nc(-c4cnn(C(C)C)c4)cn4ncc(C#N)c34)cn2)CC1. The molecule has 0 unspecified atom stereocenters. The van der Waals surface area contributed by atoms with Crippen molar-refractivity contribution in [3.63, 3.8) is 0 Å². The van der Waals surface area contributed by atoms with Crippen LogP contribution in [0.4, 0.5) is 5.82 Å². The first kappa shape index (κ1) is 27.3. The van der Waals surface area contributed by atoms with Crippen molar-refractivity contribution < 1.29 is 4.79 Å². The topological polar surface area (TPSA) is 117 Å². The fourth-order valence-electron chi connectivity index (χ4n) is 5.28. The van der Waals surface area contributed by atoms with Gasteiger partial charge in [-0.05, 0) is 66.0 Å². The van der Waals surface area contributed by atoms with Crippen LogP contribution in [0.15, 0.2) is 43.1 Å². The number of carbonyl (C=O) groups excluding carboxylic acids is 1. The van der Waals surface area contributed by atoms with Crippen LogP contribution in [0.25, 0.3) is 28.0 Å². The van der Waals surface area contributed by atoms with Crippen molar-refractivity contribution in [1.29, 1.82) is 5.26 Å². The lowest BCUT2D eigenvalue weighted by molar-refractivity contribution is -0.134. The molecule has 1 aliphatic heterocycles. The van der Waals surface area contributed by atoms with E-state index in [9.17, 15) is 10.1 Å². The fraction of sp³-hybridized carbons (Fsp3) is 0.467. The van der Waals surface area contributed by atoms with Gasteiger partial charge in [-0.15, -0.1) is 0 Å². The molecule has 10 nitrogen and oxygen atoms in total. The zero-order valence-electron chi connectivity index (χ0n) is 24.1. The summed E-state index contributed by atoms with van der Waals surface area (Å²) in [6.07, 6.45) is 11.3. The summed E-state index contributed by atoms with van der Waals surface area (Å²) in [4.78, 5) is 25.1. The van der Waals surface area contributed by atoms with Crippen molar-refractivity contribution in [3.8, 4) is 28.6 Å². The van der Waals surface area contributed by atoms with Crippen LogP contribution in [-0.4, -0.2) is 53.9 Å². The third-order valence-corrected chi connectivity index (χ3v) is 7.76. The minimum Gasteiger partial charge on any atom is -0.357 e. The van der Waals surface area contributed by atoms with Gasteiger partial charge in [-0.2, -0.15) is 15.5 Å². The largest absolute Gasteiger partial charge is 0.357 e. The zero-order chi connectivity index (χ0) is 28.7. The Morgan fingerprint density at radius 2 is 1.85 bits per heavy atom. The van der Waals surface area contributed by atoms with Gasteiger partial charge in [0.05, 0.1) is 35.4 Å². The Bertz CT molecular complexity index is 1560. The molecule has 208 valence electrons. The number of pyridine rings is 1. The highest BCUT2D eigenvalue weighted by Crippen LogP contribution is 2.37. The minimum atomic E-state index is -0.348. The van der Waals surface area contributed by atoms with Crippen LogP contribution in [0.1, 0.15) is 72.4 Å². The van der Waals surface area contributed by atoms with E-state index in [1.54, 1.807) is 23.1 Å². The summed E-state index contributed by atoms with van der Waals surface area (Å²) in [6.45, 7) is 13.8. The molecule has 0 spiro atoms. The molecule has 1 fully saturated rings. The molecule has 0 aliphatic carbocycles. The first-order valence-electron chi connectivity index (χ1n) is 13.9. The number of fused-ring (bicyclic) bond motifs is 1. The van der Waals surface area contributed by atoms with E-state index in [0.29, 0.717) is 22.5 Å². The highest BCUT2D eigenvalue weighted by atomic mass is 16.2. The van der Waals surface area contributed by atoms with Crippen LogP contribution >= 0.6 is 0 Å². The molecule has 1 aliphatic rings. The summed E-state index contributed by atoms with van der Waals surface area (Å²) in [7, 11) is 0. The van der Waals surface area contributed by atoms with E-state index >= 15 is 0 Å². The number of amides is 1. The molecule has 1 saturated heterocycles. The Balaban J connectivity index is 1.42. The number of rotatable bonds is 6. The number of hydrogen-bond donors (Lipinski definition) is 1. The van der Waals surface area contributed by atoms with Gasteiger partial charge in [0.1, 0.15) is 23.0 Å². The standard InChI is InChI=1S/C30H37N9O/c1-7-30(28(40)36-29(4,5)6)10-12-37(13-11-30)25-9-8-21(15-32-25)26-27-22(14-31)16-34-39(27)19-24(35-26)23-17-33-38(18-23)20(2)3/h8-9,15-20H,7,10-13H2,1-6H3,(H,36,40). The monoisotopic (exact) mass is 539 g/mol. The van der Waals surface area contributed by atoms with Gasteiger partial charge in [0.2, 0.25) is 5.91 Å². The number of anilines is 1. The third-order valence-electron chi connectivity index (χ3n) is 7.76. The highest BCUT2D eigenvalue weighted by molar-refractivity contribution is 5.84. The maximum Gasteiger partial charge on any atom is 0.226 e. The quantitative estimate of drug-likeness (QED) is 0.366. The molecule has 10 heteroatoms. The lowest BCUT2D eigenvalue weighted by Crippen LogP contribution is -2.53. The lowest BCUT2D eigenvalue weighted by atomic mass is 9.75. The molecule has 40 heavy (non-hydrogen) atoms. The Morgan fingerprint density at radius 1 is 1.10 bits per heavy atom. The van der Waals surface area contributed by atoms with Gasteiger partial charge >= 0.3 is 0 Å². The number of carbonyl (C=O) groups is 1. The van der Waals surface area contributed by atoms with Crippen LogP contribution in [0, 0.1) is 16.7 Å². The van der Waals surface area contributed by atoms with E-state index in [1.807, 2.05) is 50.0 Å². The van der Waals surface area contributed by atoms with E-state index < -0.39 is 0 Å². The molecule has 4 aromatic heterocycles. The molecule has 0 radical (unpaired) electrons. The van der Waals surface area contributed by atoms with Crippen LogP contribution in [0.3, 0.4) is 0 Å². The molecule has 0 atom stereocenters. The summed E-state index contributed by atoms with van der Waals surface area (Å²) in [5, 5.41) is 21.8. The van der Waals surface area contributed by atoms with Crippen LogP contribution in [-0.2, 0) is 4.79 Å². The average Bonchev–Trinajstić information content (AvgIpc) is 3.59. The number of piperidine rings is 1. The van der Waals surface area contributed by atoms with Gasteiger partial charge in [-0.1, -0.05) is 6.92 Å². The summed E-state index contributed by atoms with van der Waals surface area (Å²) < 4.78 is 3.59. The molecule has 0 aromatic carbocycles. The van der Waals surface area contributed by atoms with E-state index in [1.165, 1.54) is 0 Å². The maximum absolute atomic E-state index is 13.1. The van der Waals surface area contributed by atoms with E-state index in [2.05, 4.69) is 47.3 Å². The van der Waals surface area contributed by atoms with Crippen LogP contribution in [0.5, 0.6) is 0 Å². The fourth-order valence-corrected chi connectivity index (χ4v) is 5.28. The summed E-state index contributed by atoms with van der Waals surface area (Å²) in [6, 6.07) is 6.45. The van der Waals surface area contributed by atoms with Gasteiger partial charge in [0.15, 0.2) is 0 Å². The molecule has 1 N–H and O–H groups in total. The third kappa shape index (κ3) is 5.16. The molecule has 5 heterocycles. The van der Waals surface area contributed by atoms with Crippen molar-refractivity contribution in [2.24, 2.45) is 5.41 Å². The molecular formula is C30H37N9O. The second kappa shape index (κ2) is 10.4. The molecule has 0 bridgehead atoms. The molecular weight excluding hydrogens is 502 g/mol. The van der Waals surface area contributed by atoms with Crippen molar-refractivity contribution in [2.75, 3.05) is 18.0 Å². The van der Waals surface area contributed by atoms with Crippen molar-refractivity contribution in [2.45, 2.75) is 72.4 Å². The second-order valence-electron chi connectivity index (χ2n) is 12.0. The first-order chi connectivity index (χ1) is 19.0. The predicted molar refractivity (Wildman–Crippen MR) is 155 cm³/mol. The van der Waals surface area contributed by atoms with E-state index in [4.69, 9.17) is 9.97 Å². The minimum absolute atomic E-state index is 0.147. The summed E-state index contributed by atoms with van der Waals surface area (Å²) >= 11 is 0. The molecule has 1 amide bonds. The van der Waals surface area contributed by atoms with Crippen molar-refractivity contribution in [3.05, 3.63) is 48.7 Å². The van der Waals surface area contributed by atoms with Gasteiger partial charge < -0.3 is 10.2 Å². The number of aromatic nitrogens is 6.